The van der Waals surface area contributed by atoms with Crippen molar-refractivity contribution < 1.29 is 23.2 Å². The van der Waals surface area contributed by atoms with Gasteiger partial charge in [-0.2, -0.15) is 0 Å². The second kappa shape index (κ2) is 7.17. The summed E-state index contributed by atoms with van der Waals surface area (Å²) in [5.74, 6) is -0.431. The average Bonchev–Trinajstić information content (AvgIpc) is 2.87. The second-order valence-electron chi connectivity index (χ2n) is 10.4. The van der Waals surface area contributed by atoms with Crippen molar-refractivity contribution in [3.63, 3.8) is 0 Å². The Morgan fingerprint density at radius 1 is 1.19 bits per heavy atom. The summed E-state index contributed by atoms with van der Waals surface area (Å²) in [5.41, 5.74) is 1.17. The summed E-state index contributed by atoms with van der Waals surface area (Å²) in [7, 11) is -0.676. The highest BCUT2D eigenvalue weighted by atomic mass is 19.1. The van der Waals surface area contributed by atoms with Gasteiger partial charge in [-0.15, -0.1) is 0 Å². The Morgan fingerprint density at radius 3 is 2.45 bits per heavy atom. The number of aromatic nitrogens is 1. The molecule has 8 heteroatoms. The number of hydrogen-bond acceptors (Lipinski definition) is 5. The maximum absolute atomic E-state index is 15.1. The fourth-order valence-electron chi connectivity index (χ4n) is 3.90. The molecule has 4 rings (SSSR count). The van der Waals surface area contributed by atoms with Crippen molar-refractivity contribution in [1.82, 2.24) is 9.88 Å². The highest BCUT2D eigenvalue weighted by molar-refractivity contribution is 6.62. The summed E-state index contributed by atoms with van der Waals surface area (Å²) in [6.45, 7) is 14.3. The summed E-state index contributed by atoms with van der Waals surface area (Å²) in [5, 5.41) is 0.676. The van der Waals surface area contributed by atoms with Crippen LogP contribution in [-0.2, 0) is 27.0 Å². The van der Waals surface area contributed by atoms with Crippen LogP contribution in [0.1, 0.15) is 59.6 Å². The molecule has 6 nitrogen and oxygen atoms in total. The highest BCUT2D eigenvalue weighted by Crippen LogP contribution is 2.37. The number of rotatable bonds is 1. The van der Waals surface area contributed by atoms with Gasteiger partial charge < -0.3 is 18.9 Å². The summed E-state index contributed by atoms with van der Waals surface area (Å²) in [6, 6.07) is 3.31. The monoisotopic (exact) mass is 428 g/mol. The number of pyridine rings is 1. The van der Waals surface area contributed by atoms with Gasteiger partial charge in [-0.1, -0.05) is 6.07 Å². The van der Waals surface area contributed by atoms with Crippen LogP contribution in [0.5, 0.6) is 0 Å². The van der Waals surface area contributed by atoms with E-state index in [0.29, 0.717) is 30.4 Å². The molecule has 0 unspecified atom stereocenters. The fourth-order valence-corrected chi connectivity index (χ4v) is 3.90. The minimum atomic E-state index is -0.676. The van der Waals surface area contributed by atoms with Crippen molar-refractivity contribution in [2.75, 3.05) is 6.54 Å². The summed E-state index contributed by atoms with van der Waals surface area (Å²) < 4.78 is 32.8. The maximum atomic E-state index is 15.1. The standard InChI is InChI=1S/C23H30BFN2O4/c1-21(2,3)29-20(28)27-9-8-14-12-26-19-16(17(14)13-27)10-15(11-18(19)25)24-30-22(4,5)23(6,7)31-24/h10-12H,8-9,13H2,1-7H3. The van der Waals surface area contributed by atoms with E-state index in [-0.39, 0.29) is 11.6 Å². The molecular weight excluding hydrogens is 398 g/mol. The zero-order valence-corrected chi connectivity index (χ0v) is 19.3. The Balaban J connectivity index is 1.72. The van der Waals surface area contributed by atoms with Crippen molar-refractivity contribution in [3.8, 4) is 0 Å². The molecule has 0 N–H and O–H groups in total. The summed E-state index contributed by atoms with van der Waals surface area (Å²) in [6.07, 6.45) is 1.98. The molecule has 0 spiro atoms. The predicted molar refractivity (Wildman–Crippen MR) is 118 cm³/mol. The third-order valence-electron chi connectivity index (χ3n) is 6.33. The molecule has 31 heavy (non-hydrogen) atoms. The van der Waals surface area contributed by atoms with E-state index >= 15 is 4.39 Å². The molecular formula is C23H30BFN2O4. The zero-order valence-electron chi connectivity index (χ0n) is 19.3. The Hall–Kier alpha value is -2.19. The van der Waals surface area contributed by atoms with Crippen molar-refractivity contribution in [3.05, 3.63) is 35.3 Å². The van der Waals surface area contributed by atoms with Gasteiger partial charge in [-0.3, -0.25) is 4.98 Å². The quantitative estimate of drug-likeness (QED) is 0.644. The lowest BCUT2D eigenvalue weighted by atomic mass is 9.77. The first-order valence-corrected chi connectivity index (χ1v) is 10.7. The van der Waals surface area contributed by atoms with E-state index in [9.17, 15) is 4.79 Å². The lowest BCUT2D eigenvalue weighted by Crippen LogP contribution is -2.41. The molecule has 2 aromatic rings. The fraction of sp³-hybridized carbons (Fsp3) is 0.565. The molecule has 2 aliphatic rings. The van der Waals surface area contributed by atoms with Crippen LogP contribution in [0.15, 0.2) is 18.3 Å². The Morgan fingerprint density at radius 2 is 1.84 bits per heavy atom. The van der Waals surface area contributed by atoms with E-state index in [1.165, 1.54) is 6.07 Å². The molecule has 0 bridgehead atoms. The number of fused-ring (bicyclic) bond motifs is 3. The normalized spacial score (nSPS) is 20.1. The van der Waals surface area contributed by atoms with Gasteiger partial charge in [-0.05, 0) is 77.5 Å². The van der Waals surface area contributed by atoms with Crippen LogP contribution in [0.3, 0.4) is 0 Å². The van der Waals surface area contributed by atoms with Gasteiger partial charge >= 0.3 is 13.2 Å². The van der Waals surface area contributed by atoms with Gasteiger partial charge in [0.25, 0.3) is 0 Å². The van der Waals surface area contributed by atoms with Crippen LogP contribution in [0, 0.1) is 5.82 Å². The van der Waals surface area contributed by atoms with Crippen LogP contribution in [-0.4, -0.2) is 46.4 Å². The Labute approximate surface area is 183 Å². The summed E-state index contributed by atoms with van der Waals surface area (Å²) >= 11 is 0. The largest absolute Gasteiger partial charge is 0.494 e. The van der Waals surface area contributed by atoms with Gasteiger partial charge in [0.05, 0.1) is 11.2 Å². The third kappa shape index (κ3) is 4.03. The third-order valence-corrected chi connectivity index (χ3v) is 6.33. The van der Waals surface area contributed by atoms with E-state index in [1.54, 1.807) is 11.1 Å². The number of carbonyl (C=O) groups is 1. The van der Waals surface area contributed by atoms with Crippen LogP contribution in [0.4, 0.5) is 9.18 Å². The molecule has 0 radical (unpaired) electrons. The topological polar surface area (TPSA) is 60.9 Å². The molecule has 1 saturated heterocycles. The van der Waals surface area contributed by atoms with Gasteiger partial charge in [-0.25, -0.2) is 9.18 Å². The van der Waals surface area contributed by atoms with E-state index in [1.807, 2.05) is 54.5 Å². The number of amides is 1. The zero-order chi connectivity index (χ0) is 22.8. The molecule has 2 aliphatic heterocycles. The van der Waals surface area contributed by atoms with Gasteiger partial charge in [0, 0.05) is 24.7 Å². The van der Waals surface area contributed by atoms with E-state index in [0.717, 1.165) is 11.1 Å². The molecule has 0 aliphatic carbocycles. The van der Waals surface area contributed by atoms with Crippen LogP contribution in [0.25, 0.3) is 10.9 Å². The summed E-state index contributed by atoms with van der Waals surface area (Å²) in [4.78, 5) is 18.6. The van der Waals surface area contributed by atoms with E-state index in [2.05, 4.69) is 4.98 Å². The SMILES string of the molecule is CC(C)(C)OC(=O)N1CCc2cnc3c(F)cc(B4OC(C)(C)C(C)(C)O4)cc3c2C1. The molecule has 1 amide bonds. The highest BCUT2D eigenvalue weighted by Gasteiger charge is 2.52. The van der Waals surface area contributed by atoms with Gasteiger partial charge in [0.1, 0.15) is 16.9 Å². The molecule has 1 fully saturated rings. The van der Waals surface area contributed by atoms with E-state index in [4.69, 9.17) is 14.0 Å². The Bertz CT molecular complexity index is 1030. The molecule has 1 aromatic heterocycles. The van der Waals surface area contributed by atoms with E-state index < -0.39 is 29.7 Å². The first-order valence-electron chi connectivity index (χ1n) is 10.7. The first-order chi connectivity index (χ1) is 14.3. The molecule has 0 atom stereocenters. The molecule has 3 heterocycles. The number of halogens is 1. The first kappa shape index (κ1) is 22.0. The Kier molecular flexibility index (Phi) is 5.09. The number of ether oxygens (including phenoxy) is 1. The number of hydrogen-bond donors (Lipinski definition) is 0. The average molecular weight is 428 g/mol. The van der Waals surface area contributed by atoms with Crippen molar-refractivity contribution in [2.24, 2.45) is 0 Å². The smallest absolute Gasteiger partial charge is 0.444 e. The lowest BCUT2D eigenvalue weighted by Gasteiger charge is -2.32. The molecule has 1 aromatic carbocycles. The maximum Gasteiger partial charge on any atom is 0.494 e. The number of benzene rings is 1. The van der Waals surface area contributed by atoms with Crippen LogP contribution >= 0.6 is 0 Å². The van der Waals surface area contributed by atoms with Gasteiger partial charge in [0.15, 0.2) is 0 Å². The number of carbonyl (C=O) groups excluding carboxylic acids is 1. The van der Waals surface area contributed by atoms with Gasteiger partial charge in [0.2, 0.25) is 0 Å². The number of nitrogens with zero attached hydrogens (tertiary/aromatic N) is 2. The minimum absolute atomic E-state index is 0.282. The molecule has 166 valence electrons. The van der Waals surface area contributed by atoms with Crippen LogP contribution < -0.4 is 5.46 Å². The van der Waals surface area contributed by atoms with Crippen molar-refractivity contribution in [2.45, 2.75) is 78.2 Å². The van der Waals surface area contributed by atoms with Crippen LogP contribution in [0.2, 0.25) is 0 Å². The van der Waals surface area contributed by atoms with Crippen molar-refractivity contribution >= 4 is 29.6 Å². The molecule has 0 saturated carbocycles. The predicted octanol–water partition coefficient (Wildman–Crippen LogP) is 3.97. The second-order valence-corrected chi connectivity index (χ2v) is 10.4. The minimum Gasteiger partial charge on any atom is -0.444 e. The van der Waals surface area contributed by atoms with Crippen molar-refractivity contribution in [1.29, 1.82) is 0 Å². The lowest BCUT2D eigenvalue weighted by molar-refractivity contribution is 0.00578.